The van der Waals surface area contributed by atoms with Crippen LogP contribution in [0.3, 0.4) is 0 Å². The summed E-state index contributed by atoms with van der Waals surface area (Å²) >= 11 is 0. The molecular weight excluding hydrogens is 356 g/mol. The van der Waals surface area contributed by atoms with Gasteiger partial charge in [0.15, 0.2) is 6.61 Å². The second-order valence-corrected chi connectivity index (χ2v) is 8.06. The minimum Gasteiger partial charge on any atom is -0.452 e. The van der Waals surface area contributed by atoms with Crippen LogP contribution in [0.4, 0.5) is 0 Å². The summed E-state index contributed by atoms with van der Waals surface area (Å²) in [7, 11) is 0. The van der Waals surface area contributed by atoms with Crippen molar-refractivity contribution in [2.24, 2.45) is 0 Å². The molecule has 3 rings (SSSR count). The van der Waals surface area contributed by atoms with Gasteiger partial charge in [-0.1, -0.05) is 37.0 Å². The van der Waals surface area contributed by atoms with E-state index in [0.717, 1.165) is 50.3 Å². The van der Waals surface area contributed by atoms with Crippen LogP contribution in [0, 0.1) is 13.8 Å². The van der Waals surface area contributed by atoms with E-state index in [0.29, 0.717) is 12.1 Å². The predicted molar refractivity (Wildman–Crippen MR) is 107 cm³/mol. The second-order valence-electron chi connectivity index (χ2n) is 8.06. The molecule has 0 aromatic heterocycles. The highest BCUT2D eigenvalue weighted by Crippen LogP contribution is 2.33. The summed E-state index contributed by atoms with van der Waals surface area (Å²) in [5, 5.41) is 3.02. The van der Waals surface area contributed by atoms with Gasteiger partial charge in [0.25, 0.3) is 5.91 Å². The molecule has 28 heavy (non-hydrogen) atoms. The molecule has 2 fully saturated rings. The van der Waals surface area contributed by atoms with Gasteiger partial charge in [-0.05, 0) is 38.3 Å². The Bertz CT molecular complexity index is 692. The minimum absolute atomic E-state index is 0.00917. The molecule has 0 radical (unpaired) electrons. The molecular formula is C22H32N2O4. The number of hydrogen-bond donors (Lipinski definition) is 1. The predicted octanol–water partition coefficient (Wildman–Crippen LogP) is 2.61. The van der Waals surface area contributed by atoms with Crippen molar-refractivity contribution in [1.82, 2.24) is 10.2 Å². The zero-order valence-corrected chi connectivity index (χ0v) is 17.1. The standard InChI is InChI=1S/C22H32N2O4/c1-17-6-7-19(18(2)14-17)21(26)28-15-20(25)23-16-22(8-4-3-5-9-22)24-10-12-27-13-11-24/h6-7,14H,3-5,8-13,15-16H2,1-2H3,(H,23,25). The highest BCUT2D eigenvalue weighted by atomic mass is 16.5. The van der Waals surface area contributed by atoms with Crippen molar-refractivity contribution in [2.75, 3.05) is 39.5 Å². The van der Waals surface area contributed by atoms with E-state index in [1.807, 2.05) is 26.0 Å². The molecule has 0 bridgehead atoms. The molecule has 6 nitrogen and oxygen atoms in total. The van der Waals surface area contributed by atoms with Gasteiger partial charge in [0.2, 0.25) is 0 Å². The van der Waals surface area contributed by atoms with Crippen LogP contribution < -0.4 is 5.32 Å². The minimum atomic E-state index is -0.451. The molecule has 154 valence electrons. The first kappa shape index (κ1) is 20.8. The SMILES string of the molecule is Cc1ccc(C(=O)OCC(=O)NCC2(N3CCOCC3)CCCCC2)c(C)c1. The molecule has 1 amide bonds. The maximum absolute atomic E-state index is 12.4. The second kappa shape index (κ2) is 9.52. The molecule has 2 aliphatic rings. The normalized spacial score (nSPS) is 19.8. The molecule has 1 heterocycles. The molecule has 1 aromatic rings. The summed E-state index contributed by atoms with van der Waals surface area (Å²) in [6.45, 7) is 7.55. The Morgan fingerprint density at radius 2 is 1.86 bits per heavy atom. The summed E-state index contributed by atoms with van der Waals surface area (Å²) in [5.74, 6) is -0.690. The average molecular weight is 389 g/mol. The van der Waals surface area contributed by atoms with Gasteiger partial charge in [-0.2, -0.15) is 0 Å². The number of nitrogens with zero attached hydrogens (tertiary/aromatic N) is 1. The smallest absolute Gasteiger partial charge is 0.338 e. The molecule has 0 atom stereocenters. The van der Waals surface area contributed by atoms with Crippen LogP contribution in [0.5, 0.6) is 0 Å². The molecule has 1 aliphatic heterocycles. The Labute approximate surface area is 167 Å². The van der Waals surface area contributed by atoms with E-state index in [4.69, 9.17) is 9.47 Å². The topological polar surface area (TPSA) is 67.9 Å². The van der Waals surface area contributed by atoms with E-state index in [2.05, 4.69) is 10.2 Å². The number of esters is 1. The summed E-state index contributed by atoms with van der Waals surface area (Å²) in [6.07, 6.45) is 5.82. The molecule has 1 N–H and O–H groups in total. The van der Waals surface area contributed by atoms with Gasteiger partial charge in [0.1, 0.15) is 0 Å². The van der Waals surface area contributed by atoms with Crippen molar-refractivity contribution in [3.8, 4) is 0 Å². The number of rotatable bonds is 6. The van der Waals surface area contributed by atoms with E-state index in [-0.39, 0.29) is 18.1 Å². The molecule has 1 aliphatic carbocycles. The van der Waals surface area contributed by atoms with Crippen LogP contribution >= 0.6 is 0 Å². The Hall–Kier alpha value is -1.92. The fourth-order valence-corrected chi connectivity index (χ4v) is 4.42. The number of nitrogens with one attached hydrogen (secondary N) is 1. The van der Waals surface area contributed by atoms with Crippen LogP contribution in [0.25, 0.3) is 0 Å². The molecule has 1 saturated heterocycles. The molecule has 6 heteroatoms. The van der Waals surface area contributed by atoms with E-state index < -0.39 is 5.97 Å². The lowest BCUT2D eigenvalue weighted by Crippen LogP contribution is -2.59. The van der Waals surface area contributed by atoms with Crippen molar-refractivity contribution in [3.63, 3.8) is 0 Å². The number of aryl methyl sites for hydroxylation is 2. The lowest BCUT2D eigenvalue weighted by Gasteiger charge is -2.48. The summed E-state index contributed by atoms with van der Waals surface area (Å²) in [5.41, 5.74) is 2.47. The maximum Gasteiger partial charge on any atom is 0.338 e. The van der Waals surface area contributed by atoms with Crippen molar-refractivity contribution >= 4 is 11.9 Å². The van der Waals surface area contributed by atoms with Crippen LogP contribution in [-0.2, 0) is 14.3 Å². The molecule has 1 saturated carbocycles. The molecule has 0 unspecified atom stereocenters. The van der Waals surface area contributed by atoms with Crippen LogP contribution in [0.2, 0.25) is 0 Å². The monoisotopic (exact) mass is 388 g/mol. The Kier molecular flexibility index (Phi) is 7.08. The number of benzene rings is 1. The van der Waals surface area contributed by atoms with E-state index in [1.165, 1.54) is 19.3 Å². The van der Waals surface area contributed by atoms with Crippen molar-refractivity contribution in [3.05, 3.63) is 34.9 Å². The summed E-state index contributed by atoms with van der Waals surface area (Å²) in [4.78, 5) is 27.1. The highest BCUT2D eigenvalue weighted by molar-refractivity contribution is 5.92. The first-order valence-electron chi connectivity index (χ1n) is 10.3. The summed E-state index contributed by atoms with van der Waals surface area (Å²) in [6, 6.07) is 5.56. The average Bonchev–Trinajstić information content (AvgIpc) is 2.72. The Morgan fingerprint density at radius 1 is 1.14 bits per heavy atom. The van der Waals surface area contributed by atoms with Gasteiger partial charge in [-0.15, -0.1) is 0 Å². The van der Waals surface area contributed by atoms with Gasteiger partial charge in [0.05, 0.1) is 18.8 Å². The van der Waals surface area contributed by atoms with Crippen molar-refractivity contribution in [2.45, 2.75) is 51.5 Å². The van der Waals surface area contributed by atoms with Gasteiger partial charge >= 0.3 is 5.97 Å². The fourth-order valence-electron chi connectivity index (χ4n) is 4.42. The zero-order chi connectivity index (χ0) is 20.0. The number of carbonyl (C=O) groups excluding carboxylic acids is 2. The first-order valence-corrected chi connectivity index (χ1v) is 10.3. The van der Waals surface area contributed by atoms with E-state index in [1.54, 1.807) is 6.07 Å². The first-order chi connectivity index (χ1) is 13.5. The van der Waals surface area contributed by atoms with E-state index in [9.17, 15) is 9.59 Å². The Balaban J connectivity index is 1.52. The maximum atomic E-state index is 12.4. The lowest BCUT2D eigenvalue weighted by molar-refractivity contribution is -0.125. The lowest BCUT2D eigenvalue weighted by atomic mass is 9.79. The number of carbonyl (C=O) groups is 2. The number of morpholine rings is 1. The number of hydrogen-bond acceptors (Lipinski definition) is 5. The third kappa shape index (κ3) is 5.11. The Morgan fingerprint density at radius 3 is 2.54 bits per heavy atom. The number of amides is 1. The zero-order valence-electron chi connectivity index (χ0n) is 17.1. The molecule has 0 spiro atoms. The van der Waals surface area contributed by atoms with Crippen molar-refractivity contribution in [1.29, 1.82) is 0 Å². The molecule has 1 aromatic carbocycles. The highest BCUT2D eigenvalue weighted by Gasteiger charge is 2.38. The van der Waals surface area contributed by atoms with Gasteiger partial charge in [-0.3, -0.25) is 9.69 Å². The van der Waals surface area contributed by atoms with Gasteiger partial charge in [-0.25, -0.2) is 4.79 Å². The van der Waals surface area contributed by atoms with Crippen LogP contribution in [0.1, 0.15) is 53.6 Å². The third-order valence-electron chi connectivity index (χ3n) is 6.02. The van der Waals surface area contributed by atoms with Gasteiger partial charge < -0.3 is 14.8 Å². The van der Waals surface area contributed by atoms with Crippen LogP contribution in [-0.4, -0.2) is 61.8 Å². The van der Waals surface area contributed by atoms with Crippen molar-refractivity contribution < 1.29 is 19.1 Å². The summed E-state index contributed by atoms with van der Waals surface area (Å²) < 4.78 is 10.7. The fraction of sp³-hybridized carbons (Fsp3) is 0.636. The third-order valence-corrected chi connectivity index (χ3v) is 6.02. The number of ether oxygens (including phenoxy) is 2. The van der Waals surface area contributed by atoms with Gasteiger partial charge in [0, 0.05) is 25.2 Å². The van der Waals surface area contributed by atoms with E-state index >= 15 is 0 Å². The largest absolute Gasteiger partial charge is 0.452 e. The van der Waals surface area contributed by atoms with Crippen LogP contribution in [0.15, 0.2) is 18.2 Å². The quantitative estimate of drug-likeness (QED) is 0.759.